The van der Waals surface area contributed by atoms with Crippen LogP contribution in [0.2, 0.25) is 0 Å². The first-order valence-corrected chi connectivity index (χ1v) is 5.68. The van der Waals surface area contributed by atoms with Crippen LogP contribution in [0, 0.1) is 0 Å². The Balaban J connectivity index is 0.000000302. The Bertz CT molecular complexity index is 352. The fourth-order valence-corrected chi connectivity index (χ4v) is 1.08. The van der Waals surface area contributed by atoms with Crippen molar-refractivity contribution in [3.05, 3.63) is 54.6 Å². The molecule has 17 heavy (non-hydrogen) atoms. The number of hydrogen-bond donors (Lipinski definition) is 0. The van der Waals surface area contributed by atoms with E-state index in [0.29, 0.717) is 6.42 Å². The molecule has 0 aliphatic carbocycles. The minimum atomic E-state index is -1.12. The van der Waals surface area contributed by atoms with Crippen LogP contribution >= 0.6 is 0 Å². The molecule has 0 unspecified atom stereocenters. The van der Waals surface area contributed by atoms with Crippen molar-refractivity contribution in [3.63, 3.8) is 0 Å². The molecule has 1 aromatic rings. The summed E-state index contributed by atoms with van der Waals surface area (Å²) in [6.45, 7) is 8.96. The summed E-state index contributed by atoms with van der Waals surface area (Å²) < 4.78 is 0. The highest BCUT2D eigenvalue weighted by molar-refractivity contribution is 5.83. The molecule has 2 heteroatoms. The van der Waals surface area contributed by atoms with E-state index in [2.05, 4.69) is 13.2 Å². The molecule has 2 nitrogen and oxygen atoms in total. The van der Waals surface area contributed by atoms with Crippen LogP contribution in [0.5, 0.6) is 0 Å². The second-order valence-electron chi connectivity index (χ2n) is 3.61. The van der Waals surface area contributed by atoms with Crippen LogP contribution in [0.3, 0.4) is 0 Å². The highest BCUT2D eigenvalue weighted by Crippen LogP contribution is 2.02. The topological polar surface area (TPSA) is 40.1 Å². The normalized spacial score (nSPS) is 8.76. The molecule has 1 rings (SSSR count). The molecule has 0 heterocycles. The first kappa shape index (κ1) is 15.2. The zero-order valence-electron chi connectivity index (χ0n) is 10.3. The molecule has 1 aromatic carbocycles. The number of unbranched alkanes of at least 4 members (excludes halogenated alkanes) is 1. The molecule has 0 aromatic heterocycles. The van der Waals surface area contributed by atoms with Crippen LogP contribution in [0.15, 0.2) is 49.1 Å². The van der Waals surface area contributed by atoms with E-state index in [1.807, 2.05) is 43.3 Å². The van der Waals surface area contributed by atoms with Gasteiger partial charge < -0.3 is 9.90 Å². The molecule has 0 fully saturated rings. The molecule has 0 radical (unpaired) electrons. The number of benzene rings is 1. The van der Waals surface area contributed by atoms with E-state index >= 15 is 0 Å². The van der Waals surface area contributed by atoms with Crippen LogP contribution in [-0.2, 0) is 4.79 Å². The van der Waals surface area contributed by atoms with Crippen molar-refractivity contribution in [3.8, 4) is 0 Å². The maximum Gasteiger partial charge on any atom is 0.0668 e. The smallest absolute Gasteiger partial charge is 0.0668 e. The Morgan fingerprint density at radius 2 is 1.94 bits per heavy atom. The third kappa shape index (κ3) is 8.03. The number of carbonyl (C=O) groups is 1. The van der Waals surface area contributed by atoms with Crippen LogP contribution < -0.4 is 5.11 Å². The van der Waals surface area contributed by atoms with E-state index in [1.165, 1.54) is 5.56 Å². The Morgan fingerprint density at radius 3 is 2.29 bits per heavy atom. The van der Waals surface area contributed by atoms with Gasteiger partial charge in [-0.15, -0.1) is 0 Å². The Morgan fingerprint density at radius 1 is 1.35 bits per heavy atom. The molecular weight excluding hydrogens is 212 g/mol. The molecule has 0 atom stereocenters. The summed E-state index contributed by atoms with van der Waals surface area (Å²) in [5.74, 6) is -1.12. The average Bonchev–Trinajstić information content (AvgIpc) is 2.37. The Labute approximate surface area is 103 Å². The van der Waals surface area contributed by atoms with Crippen molar-refractivity contribution < 1.29 is 9.90 Å². The maximum absolute atomic E-state index is 9.99. The molecule has 0 amide bonds. The molecule has 0 saturated carbocycles. The predicted octanol–water partition coefficient (Wildman–Crippen LogP) is 2.81. The van der Waals surface area contributed by atoms with Crippen molar-refractivity contribution >= 4 is 12.0 Å². The standard InChI is InChI=1S/C8H8.C7H12O2/c1-2-8-6-4-3-5-7-8;1-3-4-5-6(2)7(8)9/h2-7H,1H2;2-5H2,1H3,(H,8,9)/p-1. The largest absolute Gasteiger partial charge is 0.545 e. The lowest BCUT2D eigenvalue weighted by atomic mass is 10.1. The number of hydrogen-bond acceptors (Lipinski definition) is 2. The molecule has 0 aliphatic rings. The Kier molecular flexibility index (Phi) is 8.39. The van der Waals surface area contributed by atoms with Crippen LogP contribution in [0.1, 0.15) is 31.7 Å². The van der Waals surface area contributed by atoms with Crippen molar-refractivity contribution in [1.82, 2.24) is 0 Å². The van der Waals surface area contributed by atoms with Crippen molar-refractivity contribution in [2.45, 2.75) is 26.2 Å². The van der Waals surface area contributed by atoms with E-state index in [9.17, 15) is 9.90 Å². The summed E-state index contributed by atoms with van der Waals surface area (Å²) in [5.41, 5.74) is 1.38. The first-order valence-electron chi connectivity index (χ1n) is 5.68. The van der Waals surface area contributed by atoms with Gasteiger partial charge >= 0.3 is 0 Å². The van der Waals surface area contributed by atoms with Gasteiger partial charge in [-0.25, -0.2) is 0 Å². The monoisotopic (exact) mass is 231 g/mol. The Hall–Kier alpha value is -1.83. The first-order chi connectivity index (χ1) is 8.11. The molecule has 0 saturated heterocycles. The molecular formula is C15H19O2-. The third-order valence-corrected chi connectivity index (χ3v) is 2.16. The number of carboxylic acid groups (broad SMARTS) is 1. The van der Waals surface area contributed by atoms with Gasteiger partial charge in [0.2, 0.25) is 0 Å². The van der Waals surface area contributed by atoms with Gasteiger partial charge in [0.25, 0.3) is 0 Å². The lowest BCUT2D eigenvalue weighted by Gasteiger charge is -2.03. The average molecular weight is 231 g/mol. The number of aliphatic carboxylic acids is 1. The zero-order chi connectivity index (χ0) is 13.1. The van der Waals surface area contributed by atoms with Gasteiger partial charge in [0.15, 0.2) is 0 Å². The van der Waals surface area contributed by atoms with Crippen LogP contribution in [0.25, 0.3) is 6.08 Å². The number of carboxylic acids is 1. The fraction of sp³-hybridized carbons (Fsp3) is 0.267. The van der Waals surface area contributed by atoms with E-state index in [1.54, 1.807) is 0 Å². The van der Waals surface area contributed by atoms with E-state index in [-0.39, 0.29) is 5.57 Å². The van der Waals surface area contributed by atoms with Gasteiger partial charge in [-0.1, -0.05) is 62.9 Å². The van der Waals surface area contributed by atoms with Crippen molar-refractivity contribution in [2.24, 2.45) is 0 Å². The third-order valence-electron chi connectivity index (χ3n) is 2.16. The quantitative estimate of drug-likeness (QED) is 0.731. The molecule has 0 bridgehead atoms. The highest BCUT2D eigenvalue weighted by Gasteiger charge is 1.91. The second kappa shape index (κ2) is 9.40. The van der Waals surface area contributed by atoms with E-state index < -0.39 is 5.97 Å². The fourth-order valence-electron chi connectivity index (χ4n) is 1.08. The van der Waals surface area contributed by atoms with Gasteiger partial charge in [0, 0.05) is 0 Å². The van der Waals surface area contributed by atoms with E-state index in [0.717, 1.165) is 12.8 Å². The lowest BCUT2D eigenvalue weighted by Crippen LogP contribution is -2.23. The van der Waals surface area contributed by atoms with Crippen molar-refractivity contribution in [1.29, 1.82) is 0 Å². The summed E-state index contributed by atoms with van der Waals surface area (Å²) in [5, 5.41) is 9.99. The molecule has 0 spiro atoms. The summed E-state index contributed by atoms with van der Waals surface area (Å²) in [6.07, 6.45) is 4.26. The van der Waals surface area contributed by atoms with Crippen LogP contribution in [-0.4, -0.2) is 5.97 Å². The maximum atomic E-state index is 9.99. The number of rotatable bonds is 5. The molecule has 92 valence electrons. The predicted molar refractivity (Wildman–Crippen MR) is 70.2 cm³/mol. The van der Waals surface area contributed by atoms with Gasteiger partial charge in [0.1, 0.15) is 0 Å². The number of carbonyl (C=O) groups excluding carboxylic acids is 1. The summed E-state index contributed by atoms with van der Waals surface area (Å²) in [7, 11) is 0. The van der Waals surface area contributed by atoms with Crippen molar-refractivity contribution in [2.75, 3.05) is 0 Å². The summed E-state index contributed by atoms with van der Waals surface area (Å²) in [6, 6.07) is 10.0. The SMILES string of the molecule is C=C(CCCC)C(=O)[O-].C=Cc1ccccc1. The summed E-state index contributed by atoms with van der Waals surface area (Å²) in [4.78, 5) is 9.99. The zero-order valence-corrected chi connectivity index (χ0v) is 10.3. The lowest BCUT2D eigenvalue weighted by molar-refractivity contribution is -0.299. The minimum Gasteiger partial charge on any atom is -0.545 e. The van der Waals surface area contributed by atoms with Gasteiger partial charge in [-0.2, -0.15) is 0 Å². The van der Waals surface area contributed by atoms with E-state index in [4.69, 9.17) is 0 Å². The highest BCUT2D eigenvalue weighted by atomic mass is 16.4. The van der Waals surface area contributed by atoms with Gasteiger partial charge in [-0.3, -0.25) is 0 Å². The van der Waals surface area contributed by atoms with Gasteiger partial charge in [0.05, 0.1) is 5.97 Å². The van der Waals surface area contributed by atoms with Crippen LogP contribution in [0.4, 0.5) is 0 Å². The summed E-state index contributed by atoms with van der Waals surface area (Å²) >= 11 is 0. The molecule has 0 N–H and O–H groups in total. The molecule has 0 aliphatic heterocycles. The second-order valence-corrected chi connectivity index (χ2v) is 3.61. The van der Waals surface area contributed by atoms with Gasteiger partial charge in [-0.05, 0) is 24.0 Å². The minimum absolute atomic E-state index is 0.205.